The number of thioether (sulfide) groups is 1. The average molecular weight is 378 g/mol. The molecular weight excluding hydrogens is 358 g/mol. The number of ether oxygens (including phenoxy) is 2. The zero-order valence-electron chi connectivity index (χ0n) is 14.7. The third-order valence-corrected chi connectivity index (χ3v) is 6.00. The summed E-state index contributed by atoms with van der Waals surface area (Å²) in [5.41, 5.74) is 5.46. The van der Waals surface area contributed by atoms with Gasteiger partial charge in [0.15, 0.2) is 11.5 Å². The van der Waals surface area contributed by atoms with Crippen molar-refractivity contribution < 1.29 is 14.3 Å². The molecule has 1 amide bonds. The van der Waals surface area contributed by atoms with E-state index in [0.29, 0.717) is 28.0 Å². The Kier molecular flexibility index (Phi) is 5.16. The summed E-state index contributed by atoms with van der Waals surface area (Å²) in [6.45, 7) is 8.55. The van der Waals surface area contributed by atoms with Gasteiger partial charge in [-0.1, -0.05) is 17.7 Å². The van der Waals surface area contributed by atoms with Crippen molar-refractivity contribution in [1.82, 2.24) is 0 Å². The quantitative estimate of drug-likeness (QED) is 0.759. The summed E-state index contributed by atoms with van der Waals surface area (Å²) >= 11 is 7.75. The molecule has 0 radical (unpaired) electrons. The van der Waals surface area contributed by atoms with Crippen LogP contribution in [0.25, 0.3) is 0 Å². The van der Waals surface area contributed by atoms with E-state index in [4.69, 9.17) is 21.1 Å². The van der Waals surface area contributed by atoms with Crippen molar-refractivity contribution in [2.45, 2.75) is 32.6 Å². The van der Waals surface area contributed by atoms with Crippen LogP contribution in [0.4, 0.5) is 5.69 Å². The van der Waals surface area contributed by atoms with Crippen LogP contribution in [-0.4, -0.2) is 18.5 Å². The van der Waals surface area contributed by atoms with Crippen molar-refractivity contribution in [2.75, 3.05) is 17.9 Å². The number of anilines is 1. The van der Waals surface area contributed by atoms with Crippen LogP contribution in [0.5, 0.6) is 11.5 Å². The third-order valence-electron chi connectivity index (χ3n) is 4.38. The summed E-state index contributed by atoms with van der Waals surface area (Å²) in [6.07, 6.45) is 0. The van der Waals surface area contributed by atoms with Crippen molar-refractivity contribution in [1.29, 1.82) is 0 Å². The Bertz CT molecular complexity index is 825. The van der Waals surface area contributed by atoms with Crippen LogP contribution in [0.1, 0.15) is 22.3 Å². The first-order valence-electron chi connectivity index (χ1n) is 7.96. The number of carbonyl (C=O) groups is 1. The van der Waals surface area contributed by atoms with Gasteiger partial charge in [-0.15, -0.1) is 11.8 Å². The van der Waals surface area contributed by atoms with Crippen molar-refractivity contribution in [3.63, 3.8) is 0 Å². The van der Waals surface area contributed by atoms with Crippen molar-refractivity contribution in [3.8, 4) is 11.5 Å². The Morgan fingerprint density at radius 2 is 1.68 bits per heavy atom. The molecule has 0 unspecified atom stereocenters. The van der Waals surface area contributed by atoms with E-state index >= 15 is 0 Å². The molecule has 132 valence electrons. The highest BCUT2D eigenvalue weighted by atomic mass is 35.5. The summed E-state index contributed by atoms with van der Waals surface area (Å²) in [4.78, 5) is 13.5. The van der Waals surface area contributed by atoms with E-state index in [9.17, 15) is 4.79 Å². The molecule has 4 nitrogen and oxygen atoms in total. The molecule has 0 saturated heterocycles. The number of aryl methyl sites for hydroxylation is 2. The molecule has 0 bridgehead atoms. The molecule has 2 aromatic carbocycles. The van der Waals surface area contributed by atoms with Gasteiger partial charge >= 0.3 is 0 Å². The molecular formula is C19H20ClNO3S. The van der Waals surface area contributed by atoms with Crippen LogP contribution in [0, 0.1) is 27.7 Å². The number of benzene rings is 2. The van der Waals surface area contributed by atoms with Crippen LogP contribution in [0.15, 0.2) is 23.1 Å². The predicted octanol–water partition coefficient (Wildman–Crippen LogP) is 5.03. The number of hydrogen-bond acceptors (Lipinski definition) is 4. The summed E-state index contributed by atoms with van der Waals surface area (Å²) in [5.74, 6) is 1.39. The molecule has 3 rings (SSSR count). The van der Waals surface area contributed by atoms with Gasteiger partial charge in [-0.25, -0.2) is 0 Å². The van der Waals surface area contributed by atoms with E-state index in [1.165, 1.54) is 27.1 Å². The lowest BCUT2D eigenvalue weighted by Gasteiger charge is -2.15. The first-order valence-corrected chi connectivity index (χ1v) is 9.32. The van der Waals surface area contributed by atoms with E-state index in [1.807, 2.05) is 0 Å². The Labute approximate surface area is 156 Å². The van der Waals surface area contributed by atoms with Gasteiger partial charge in [0.25, 0.3) is 0 Å². The molecule has 0 fully saturated rings. The van der Waals surface area contributed by atoms with Crippen LogP contribution in [0.3, 0.4) is 0 Å². The smallest absolute Gasteiger partial charge is 0.234 e. The number of carbonyl (C=O) groups excluding carboxylic acids is 1. The Balaban J connectivity index is 1.71. The maximum Gasteiger partial charge on any atom is 0.234 e. The second-order valence-corrected chi connectivity index (χ2v) is 7.50. The lowest BCUT2D eigenvalue weighted by molar-refractivity contribution is -0.113. The van der Waals surface area contributed by atoms with Crippen LogP contribution >= 0.6 is 23.4 Å². The average Bonchev–Trinajstić information content (AvgIpc) is 3.00. The minimum Gasteiger partial charge on any atom is -0.454 e. The second-order valence-electron chi connectivity index (χ2n) is 6.11. The van der Waals surface area contributed by atoms with Crippen LogP contribution < -0.4 is 14.8 Å². The Hall–Kier alpha value is -1.85. The van der Waals surface area contributed by atoms with Gasteiger partial charge in [0.2, 0.25) is 12.7 Å². The van der Waals surface area contributed by atoms with Crippen LogP contribution in [-0.2, 0) is 4.79 Å². The van der Waals surface area contributed by atoms with Gasteiger partial charge in [0.05, 0.1) is 16.5 Å². The van der Waals surface area contributed by atoms with Crippen molar-refractivity contribution in [2.24, 2.45) is 0 Å². The monoisotopic (exact) mass is 377 g/mol. The van der Waals surface area contributed by atoms with Crippen molar-refractivity contribution >= 4 is 35.0 Å². The molecule has 1 aliphatic heterocycles. The maximum absolute atomic E-state index is 12.4. The van der Waals surface area contributed by atoms with E-state index in [0.717, 1.165) is 0 Å². The summed E-state index contributed by atoms with van der Waals surface area (Å²) < 4.78 is 10.6. The largest absolute Gasteiger partial charge is 0.454 e. The molecule has 0 aliphatic carbocycles. The molecule has 0 atom stereocenters. The Morgan fingerprint density at radius 1 is 1.08 bits per heavy atom. The number of halogens is 1. The Morgan fingerprint density at radius 3 is 2.32 bits per heavy atom. The third kappa shape index (κ3) is 3.72. The van der Waals surface area contributed by atoms with Gasteiger partial charge in [-0.3, -0.25) is 4.79 Å². The van der Waals surface area contributed by atoms with Gasteiger partial charge in [0, 0.05) is 17.0 Å². The maximum atomic E-state index is 12.4. The lowest BCUT2D eigenvalue weighted by atomic mass is 10.0. The lowest BCUT2D eigenvalue weighted by Crippen LogP contribution is -2.14. The van der Waals surface area contributed by atoms with E-state index < -0.39 is 0 Å². The van der Waals surface area contributed by atoms with E-state index in [2.05, 4.69) is 39.1 Å². The highest BCUT2D eigenvalue weighted by Crippen LogP contribution is 2.39. The fourth-order valence-corrected chi connectivity index (χ4v) is 4.04. The normalized spacial score (nSPS) is 12.4. The molecule has 1 N–H and O–H groups in total. The molecule has 1 heterocycles. The second kappa shape index (κ2) is 7.18. The highest BCUT2D eigenvalue weighted by Gasteiger charge is 2.18. The zero-order valence-corrected chi connectivity index (χ0v) is 16.2. The SMILES string of the molecule is Cc1cc(C)c(C)c(SCC(=O)Nc2cc3c(cc2Cl)OCO3)c1C. The molecule has 25 heavy (non-hydrogen) atoms. The van der Waals surface area contributed by atoms with E-state index in [-0.39, 0.29) is 12.7 Å². The fraction of sp³-hybridized carbons (Fsp3) is 0.316. The minimum absolute atomic E-state index is 0.108. The predicted molar refractivity (Wildman–Crippen MR) is 102 cm³/mol. The molecule has 2 aromatic rings. The molecule has 6 heteroatoms. The summed E-state index contributed by atoms with van der Waals surface area (Å²) in [5, 5.41) is 3.28. The topological polar surface area (TPSA) is 47.6 Å². The highest BCUT2D eigenvalue weighted by molar-refractivity contribution is 8.00. The fourth-order valence-electron chi connectivity index (χ4n) is 2.73. The minimum atomic E-state index is -0.108. The summed E-state index contributed by atoms with van der Waals surface area (Å²) in [7, 11) is 0. The number of hydrogen-bond donors (Lipinski definition) is 1. The first kappa shape index (κ1) is 18.0. The van der Waals surface area contributed by atoms with Crippen LogP contribution in [0.2, 0.25) is 5.02 Å². The first-order chi connectivity index (χ1) is 11.9. The zero-order chi connectivity index (χ0) is 18.1. The summed E-state index contributed by atoms with van der Waals surface area (Å²) in [6, 6.07) is 5.53. The number of amides is 1. The van der Waals surface area contributed by atoms with E-state index in [1.54, 1.807) is 23.9 Å². The van der Waals surface area contributed by atoms with Gasteiger partial charge in [0.1, 0.15) is 0 Å². The molecule has 0 saturated carbocycles. The van der Waals surface area contributed by atoms with Gasteiger partial charge in [-0.2, -0.15) is 0 Å². The van der Waals surface area contributed by atoms with Crippen molar-refractivity contribution in [3.05, 3.63) is 45.5 Å². The molecule has 0 aromatic heterocycles. The standard InChI is InChI=1S/C19H20ClNO3S/c1-10-5-11(2)13(4)19(12(10)3)25-8-18(22)21-15-7-17-16(6-14(15)20)23-9-24-17/h5-7H,8-9H2,1-4H3,(H,21,22). The van der Waals surface area contributed by atoms with Gasteiger partial charge < -0.3 is 14.8 Å². The molecule has 1 aliphatic rings. The number of nitrogens with one attached hydrogen (secondary N) is 1. The number of fused-ring (bicyclic) bond motifs is 1. The number of rotatable bonds is 4. The molecule has 0 spiro atoms. The van der Waals surface area contributed by atoms with Gasteiger partial charge in [-0.05, 0) is 49.9 Å².